The van der Waals surface area contributed by atoms with E-state index in [9.17, 15) is 0 Å². The smallest absolute Gasteiger partial charge is 0.196 e. The minimum atomic E-state index is 0.788. The van der Waals surface area contributed by atoms with Gasteiger partial charge in [-0.05, 0) is 42.1 Å². The fourth-order valence-corrected chi connectivity index (χ4v) is 3.50. The van der Waals surface area contributed by atoms with Crippen molar-refractivity contribution in [2.75, 3.05) is 5.08 Å². The van der Waals surface area contributed by atoms with E-state index in [1.165, 1.54) is 9.92 Å². The molecule has 4 heteroatoms. The summed E-state index contributed by atoms with van der Waals surface area (Å²) in [6.07, 6.45) is 2.06. The number of benzene rings is 1. The molecule has 1 aromatic carbocycles. The zero-order valence-corrected chi connectivity index (χ0v) is 11.9. The second-order valence-corrected chi connectivity index (χ2v) is 6.36. The second kappa shape index (κ2) is 6.34. The molecule has 0 atom stereocenters. The average molecular weight is 283 g/mol. The minimum Gasteiger partial charge on any atom is -0.196 e. The van der Waals surface area contributed by atoms with Crippen LogP contribution in [0.5, 0.6) is 0 Å². The van der Waals surface area contributed by atoms with Gasteiger partial charge in [0.15, 0.2) is 6.20 Å². The highest BCUT2D eigenvalue weighted by atomic mass is 35.5. The van der Waals surface area contributed by atoms with Gasteiger partial charge in [-0.25, -0.2) is 0 Å². The van der Waals surface area contributed by atoms with Crippen LogP contribution in [0.25, 0.3) is 0 Å². The third-order valence-electron chi connectivity index (χ3n) is 2.25. The number of halogens is 1. The van der Waals surface area contributed by atoms with Crippen LogP contribution in [-0.4, -0.2) is 5.08 Å². The number of rotatable bonds is 4. The molecule has 0 saturated carbocycles. The molecule has 2 rings (SSSR count). The zero-order valence-electron chi connectivity index (χ0n) is 9.47. The highest BCUT2D eigenvalue weighted by Gasteiger charge is 2.05. The van der Waals surface area contributed by atoms with Gasteiger partial charge in [0, 0.05) is 22.1 Å². The summed E-state index contributed by atoms with van der Waals surface area (Å²) in [5, 5.41) is 3.06. The maximum atomic E-state index is 5.84. The molecule has 0 fully saturated rings. The molecule has 0 aliphatic carbocycles. The molecule has 0 N–H and O–H groups in total. The first-order chi connectivity index (χ1) is 8.25. The van der Waals surface area contributed by atoms with Crippen molar-refractivity contribution in [2.24, 2.45) is 7.05 Å². The summed E-state index contributed by atoms with van der Waals surface area (Å²) >= 11 is 9.51. The normalized spacial score (nSPS) is 10.5. The molecular weight excluding hydrogens is 270 g/mol. The molecule has 0 amide bonds. The molecule has 0 spiro atoms. The second-order valence-electron chi connectivity index (χ2n) is 3.51. The number of thioether (sulfide) groups is 2. The molecule has 0 aliphatic heterocycles. The van der Waals surface area contributed by atoms with Crippen LogP contribution in [-0.2, 0) is 7.05 Å². The summed E-state index contributed by atoms with van der Waals surface area (Å²) in [6, 6.07) is 14.2. The van der Waals surface area contributed by atoms with E-state index in [1.54, 1.807) is 0 Å². The minimum absolute atomic E-state index is 0.788. The van der Waals surface area contributed by atoms with Crippen LogP contribution in [0.2, 0.25) is 5.02 Å². The van der Waals surface area contributed by atoms with Crippen LogP contribution >= 0.6 is 35.1 Å². The van der Waals surface area contributed by atoms with Crippen molar-refractivity contribution in [3.63, 3.8) is 0 Å². The van der Waals surface area contributed by atoms with Crippen molar-refractivity contribution < 1.29 is 4.57 Å². The Hall–Kier alpha value is -0.640. The van der Waals surface area contributed by atoms with Crippen molar-refractivity contribution in [3.05, 3.63) is 53.7 Å². The van der Waals surface area contributed by atoms with Crippen LogP contribution in [0.3, 0.4) is 0 Å². The highest BCUT2D eigenvalue weighted by molar-refractivity contribution is 8.15. The Bertz CT molecular complexity index is 485. The number of aromatic nitrogens is 1. The van der Waals surface area contributed by atoms with Crippen molar-refractivity contribution >= 4 is 35.1 Å². The lowest BCUT2D eigenvalue weighted by atomic mass is 10.4. The Morgan fingerprint density at radius 1 is 1.06 bits per heavy atom. The van der Waals surface area contributed by atoms with Crippen molar-refractivity contribution in [1.29, 1.82) is 0 Å². The molecule has 0 aliphatic rings. The van der Waals surface area contributed by atoms with Crippen molar-refractivity contribution in [3.8, 4) is 0 Å². The summed E-state index contributed by atoms with van der Waals surface area (Å²) in [5.41, 5.74) is 0. The number of hydrogen-bond donors (Lipinski definition) is 0. The molecule has 17 heavy (non-hydrogen) atoms. The van der Waals surface area contributed by atoms with Gasteiger partial charge in [0.2, 0.25) is 5.03 Å². The predicted molar refractivity (Wildman–Crippen MR) is 75.7 cm³/mol. The number of pyridine rings is 1. The quantitative estimate of drug-likeness (QED) is 0.474. The van der Waals surface area contributed by atoms with Crippen LogP contribution < -0.4 is 4.57 Å². The van der Waals surface area contributed by atoms with Gasteiger partial charge in [-0.3, -0.25) is 0 Å². The first kappa shape index (κ1) is 12.8. The van der Waals surface area contributed by atoms with Gasteiger partial charge in [-0.2, -0.15) is 4.57 Å². The van der Waals surface area contributed by atoms with Crippen molar-refractivity contribution in [2.45, 2.75) is 9.92 Å². The predicted octanol–water partition coefficient (Wildman–Crippen LogP) is 4.01. The average Bonchev–Trinajstić information content (AvgIpc) is 2.34. The van der Waals surface area contributed by atoms with Gasteiger partial charge in [0.05, 0.1) is 5.08 Å². The summed E-state index contributed by atoms with van der Waals surface area (Å²) in [4.78, 5) is 1.25. The molecule has 0 unspecified atom stereocenters. The lowest BCUT2D eigenvalue weighted by Gasteiger charge is -2.01. The zero-order chi connectivity index (χ0) is 12.1. The fourth-order valence-electron chi connectivity index (χ4n) is 1.35. The Morgan fingerprint density at radius 2 is 1.82 bits per heavy atom. The van der Waals surface area contributed by atoms with Crippen LogP contribution in [0.4, 0.5) is 0 Å². The van der Waals surface area contributed by atoms with Crippen LogP contribution in [0.15, 0.2) is 58.6 Å². The van der Waals surface area contributed by atoms with Gasteiger partial charge in [-0.1, -0.05) is 11.6 Å². The summed E-state index contributed by atoms with van der Waals surface area (Å²) < 4.78 is 2.13. The van der Waals surface area contributed by atoms with Gasteiger partial charge in [0.25, 0.3) is 0 Å². The van der Waals surface area contributed by atoms with E-state index in [4.69, 9.17) is 11.6 Å². The third kappa shape index (κ3) is 3.95. The molecule has 2 aromatic rings. The molecule has 1 heterocycles. The fraction of sp³-hybridized carbons (Fsp3) is 0.154. The molecule has 0 radical (unpaired) electrons. The van der Waals surface area contributed by atoms with E-state index in [0.29, 0.717) is 0 Å². The maximum absolute atomic E-state index is 5.84. The van der Waals surface area contributed by atoms with Gasteiger partial charge >= 0.3 is 0 Å². The summed E-state index contributed by atoms with van der Waals surface area (Å²) in [6.45, 7) is 0. The van der Waals surface area contributed by atoms with Crippen LogP contribution in [0.1, 0.15) is 0 Å². The van der Waals surface area contributed by atoms with Gasteiger partial charge in [-0.15, -0.1) is 11.8 Å². The van der Waals surface area contributed by atoms with E-state index in [-0.39, 0.29) is 0 Å². The Balaban J connectivity index is 1.88. The molecular formula is C13H13ClNS2+. The molecule has 88 valence electrons. The maximum Gasteiger partial charge on any atom is 0.240 e. The largest absolute Gasteiger partial charge is 0.240 e. The van der Waals surface area contributed by atoms with E-state index in [0.717, 1.165) is 10.1 Å². The summed E-state index contributed by atoms with van der Waals surface area (Å²) in [5.74, 6) is 0. The first-order valence-electron chi connectivity index (χ1n) is 5.21. The Labute approximate surface area is 115 Å². The summed E-state index contributed by atoms with van der Waals surface area (Å²) in [7, 11) is 2.06. The highest BCUT2D eigenvalue weighted by Crippen LogP contribution is 2.26. The van der Waals surface area contributed by atoms with Crippen molar-refractivity contribution in [1.82, 2.24) is 0 Å². The van der Waals surface area contributed by atoms with Crippen LogP contribution in [0, 0.1) is 0 Å². The van der Waals surface area contributed by atoms with E-state index >= 15 is 0 Å². The SMILES string of the molecule is C[n+]1ccccc1SCSc1ccc(Cl)cc1. The van der Waals surface area contributed by atoms with Gasteiger partial charge < -0.3 is 0 Å². The Morgan fingerprint density at radius 3 is 2.53 bits per heavy atom. The Kier molecular flexibility index (Phi) is 4.77. The number of aryl methyl sites for hydroxylation is 1. The van der Waals surface area contributed by atoms with E-state index < -0.39 is 0 Å². The molecule has 0 saturated heterocycles. The number of nitrogens with zero attached hydrogens (tertiary/aromatic N) is 1. The number of hydrogen-bond acceptors (Lipinski definition) is 2. The third-order valence-corrected chi connectivity index (χ3v) is 4.77. The van der Waals surface area contributed by atoms with E-state index in [1.807, 2.05) is 41.7 Å². The standard InChI is InChI=1S/C13H13ClNS2/c1-15-9-3-2-4-13(15)17-10-16-12-7-5-11(14)6-8-12/h2-9H,10H2,1H3/q+1. The topological polar surface area (TPSA) is 3.88 Å². The monoisotopic (exact) mass is 282 g/mol. The van der Waals surface area contributed by atoms with Gasteiger partial charge in [0.1, 0.15) is 7.05 Å². The molecule has 1 aromatic heterocycles. The lowest BCUT2D eigenvalue weighted by Crippen LogP contribution is -2.29. The lowest BCUT2D eigenvalue weighted by molar-refractivity contribution is -0.708. The molecule has 1 nitrogen and oxygen atoms in total. The molecule has 0 bridgehead atoms. The van der Waals surface area contributed by atoms with E-state index in [2.05, 4.69) is 42.1 Å². The first-order valence-corrected chi connectivity index (χ1v) is 7.56.